The first-order valence-electron chi connectivity index (χ1n) is 14.8. The fraction of sp³-hybridized carbons (Fsp3) is 0.0732. The van der Waals surface area contributed by atoms with Crippen LogP contribution < -0.4 is 9.64 Å². The van der Waals surface area contributed by atoms with Crippen molar-refractivity contribution < 1.29 is 4.74 Å². The van der Waals surface area contributed by atoms with Crippen molar-refractivity contribution in [2.75, 3.05) is 4.90 Å². The van der Waals surface area contributed by atoms with Crippen LogP contribution in [-0.4, -0.2) is 0 Å². The number of rotatable bonds is 6. The summed E-state index contributed by atoms with van der Waals surface area (Å²) in [6.07, 6.45) is 2.28. The third-order valence-corrected chi connectivity index (χ3v) is 8.32. The van der Waals surface area contributed by atoms with Crippen molar-refractivity contribution in [3.63, 3.8) is 0 Å². The lowest BCUT2D eigenvalue weighted by atomic mass is 9.75. The summed E-state index contributed by atoms with van der Waals surface area (Å²) in [4.78, 5) is 2.32. The van der Waals surface area contributed by atoms with Crippen molar-refractivity contribution in [3.8, 4) is 11.5 Å². The van der Waals surface area contributed by atoms with E-state index < -0.39 is 0 Å². The zero-order valence-electron chi connectivity index (χ0n) is 24.4. The summed E-state index contributed by atoms with van der Waals surface area (Å²) in [5, 5.41) is 0. The molecule has 0 spiro atoms. The van der Waals surface area contributed by atoms with Gasteiger partial charge in [-0.25, -0.2) is 0 Å². The fourth-order valence-electron chi connectivity index (χ4n) is 6.05. The number of nitrogens with zero attached hydrogens (tertiary/aromatic N) is 1. The molecule has 6 aromatic rings. The van der Waals surface area contributed by atoms with Gasteiger partial charge in [-0.3, -0.25) is 0 Å². The zero-order valence-corrected chi connectivity index (χ0v) is 24.4. The summed E-state index contributed by atoms with van der Waals surface area (Å²) in [5.74, 6) is 1.84. The second-order valence-corrected chi connectivity index (χ2v) is 11.5. The predicted molar refractivity (Wildman–Crippen MR) is 180 cm³/mol. The molecule has 2 heteroatoms. The Morgan fingerprint density at radius 2 is 1.02 bits per heavy atom. The molecule has 0 bridgehead atoms. The normalized spacial score (nSPS) is 12.8. The van der Waals surface area contributed by atoms with E-state index >= 15 is 0 Å². The Morgan fingerprint density at radius 1 is 0.512 bits per heavy atom. The van der Waals surface area contributed by atoms with Crippen LogP contribution in [0.3, 0.4) is 0 Å². The van der Waals surface area contributed by atoms with Crippen LogP contribution in [0.1, 0.15) is 41.7 Å². The Morgan fingerprint density at radius 3 is 1.67 bits per heavy atom. The van der Waals surface area contributed by atoms with Crippen LogP contribution in [-0.2, 0) is 5.41 Å². The van der Waals surface area contributed by atoms with Gasteiger partial charge in [-0.15, -0.1) is 0 Å². The van der Waals surface area contributed by atoms with E-state index in [9.17, 15) is 0 Å². The van der Waals surface area contributed by atoms with E-state index in [1.807, 2.05) is 6.07 Å². The molecule has 0 atom stereocenters. The van der Waals surface area contributed by atoms with Gasteiger partial charge in [-0.1, -0.05) is 123 Å². The molecule has 1 heterocycles. The molecule has 0 amide bonds. The van der Waals surface area contributed by atoms with Crippen LogP contribution >= 0.6 is 0 Å². The van der Waals surface area contributed by atoms with Crippen LogP contribution in [0.2, 0.25) is 0 Å². The van der Waals surface area contributed by atoms with Gasteiger partial charge in [-0.2, -0.15) is 0 Å². The highest BCUT2D eigenvalue weighted by atomic mass is 16.5. The average molecular weight is 556 g/mol. The molecule has 0 aromatic heterocycles. The lowest BCUT2D eigenvalue weighted by molar-refractivity contribution is 0.418. The summed E-state index contributed by atoms with van der Waals surface area (Å²) >= 11 is 0. The Balaban J connectivity index is 1.29. The number of anilines is 3. The molecule has 0 fully saturated rings. The Hall–Kier alpha value is -5.34. The molecule has 7 rings (SSSR count). The van der Waals surface area contributed by atoms with E-state index in [-0.39, 0.29) is 5.41 Å². The first-order chi connectivity index (χ1) is 21.1. The molecule has 0 N–H and O–H groups in total. The summed E-state index contributed by atoms with van der Waals surface area (Å²) in [7, 11) is 0. The Kier molecular flexibility index (Phi) is 6.89. The molecule has 1 aliphatic heterocycles. The molecular formula is C41H33NO. The number of ether oxygens (including phenoxy) is 1. The lowest BCUT2D eigenvalue weighted by Crippen LogP contribution is -2.24. The number of fused-ring (bicyclic) bond motifs is 2. The second kappa shape index (κ2) is 11.2. The topological polar surface area (TPSA) is 12.5 Å². The molecule has 6 aromatic carbocycles. The maximum Gasteiger partial charge on any atom is 0.131 e. The van der Waals surface area contributed by atoms with E-state index in [0.717, 1.165) is 34.1 Å². The minimum atomic E-state index is -0.192. The van der Waals surface area contributed by atoms with Crippen LogP contribution in [0.5, 0.6) is 11.5 Å². The maximum absolute atomic E-state index is 6.36. The van der Waals surface area contributed by atoms with Gasteiger partial charge >= 0.3 is 0 Å². The highest BCUT2D eigenvalue weighted by molar-refractivity contribution is 5.91. The van der Waals surface area contributed by atoms with Crippen molar-refractivity contribution in [1.29, 1.82) is 0 Å². The minimum absolute atomic E-state index is 0.192. The van der Waals surface area contributed by atoms with Gasteiger partial charge in [0.25, 0.3) is 0 Å². The fourth-order valence-corrected chi connectivity index (χ4v) is 6.05. The average Bonchev–Trinajstić information content (AvgIpc) is 3.06. The Bertz CT molecular complexity index is 1850. The van der Waals surface area contributed by atoms with Crippen LogP contribution in [0.25, 0.3) is 11.6 Å². The number of para-hydroxylation sites is 2. The lowest BCUT2D eigenvalue weighted by Gasteiger charge is -2.36. The summed E-state index contributed by atoms with van der Waals surface area (Å²) < 4.78 is 6.36. The second-order valence-electron chi connectivity index (χ2n) is 11.5. The smallest absolute Gasteiger partial charge is 0.131 e. The number of hydrogen-bond donors (Lipinski definition) is 0. The molecule has 0 aliphatic carbocycles. The van der Waals surface area contributed by atoms with Crippen molar-refractivity contribution >= 4 is 28.7 Å². The van der Waals surface area contributed by atoms with E-state index in [1.54, 1.807) is 0 Å². The summed E-state index contributed by atoms with van der Waals surface area (Å²) in [6.45, 7) is 4.56. The Labute approximate surface area is 254 Å². The minimum Gasteiger partial charge on any atom is -0.457 e. The molecule has 43 heavy (non-hydrogen) atoms. The monoisotopic (exact) mass is 555 g/mol. The SMILES string of the molecule is CC1(C)c2ccccc2Oc2ccc(N(c3ccccc3)c3ccc(C=C(c4ccccc4)c4ccccc4)cc3)cc21. The molecule has 0 radical (unpaired) electrons. The van der Waals surface area contributed by atoms with E-state index in [4.69, 9.17) is 4.74 Å². The first-order valence-corrected chi connectivity index (χ1v) is 14.8. The molecule has 1 aliphatic rings. The van der Waals surface area contributed by atoms with E-state index in [0.29, 0.717) is 0 Å². The van der Waals surface area contributed by atoms with Gasteiger partial charge in [0.1, 0.15) is 11.5 Å². The third kappa shape index (κ3) is 5.13. The van der Waals surface area contributed by atoms with Crippen molar-refractivity contribution in [2.45, 2.75) is 19.3 Å². The largest absolute Gasteiger partial charge is 0.457 e. The number of benzene rings is 6. The molecule has 2 nitrogen and oxygen atoms in total. The summed E-state index contributed by atoms with van der Waals surface area (Å²) in [6, 6.07) is 55.5. The summed E-state index contributed by atoms with van der Waals surface area (Å²) in [5.41, 5.74) is 10.2. The van der Waals surface area contributed by atoms with Crippen LogP contribution in [0.4, 0.5) is 17.1 Å². The van der Waals surface area contributed by atoms with Crippen molar-refractivity contribution in [3.05, 3.63) is 186 Å². The standard InChI is InChI=1S/C41H33NO/c1-41(2)37-20-12-13-21-39(37)43-40-27-26-35(29-38(40)41)42(33-18-10-5-11-19-33)34-24-22-30(23-25-34)28-36(31-14-6-3-7-15-31)32-16-8-4-9-17-32/h3-29H,1-2H3. The number of hydrogen-bond acceptors (Lipinski definition) is 2. The maximum atomic E-state index is 6.36. The van der Waals surface area contributed by atoms with Gasteiger partial charge in [0.05, 0.1) is 0 Å². The van der Waals surface area contributed by atoms with Gasteiger partial charge < -0.3 is 9.64 Å². The van der Waals surface area contributed by atoms with E-state index in [2.05, 4.69) is 176 Å². The van der Waals surface area contributed by atoms with Gasteiger partial charge in [0.15, 0.2) is 0 Å². The quantitative estimate of drug-likeness (QED) is 0.190. The van der Waals surface area contributed by atoms with Crippen molar-refractivity contribution in [2.24, 2.45) is 0 Å². The van der Waals surface area contributed by atoms with Gasteiger partial charge in [0.2, 0.25) is 0 Å². The first kappa shape index (κ1) is 26.6. The van der Waals surface area contributed by atoms with Gasteiger partial charge in [0, 0.05) is 33.6 Å². The van der Waals surface area contributed by atoms with Crippen LogP contribution in [0, 0.1) is 0 Å². The van der Waals surface area contributed by atoms with Crippen molar-refractivity contribution in [1.82, 2.24) is 0 Å². The van der Waals surface area contributed by atoms with E-state index in [1.165, 1.54) is 27.8 Å². The third-order valence-electron chi connectivity index (χ3n) is 8.32. The highest BCUT2D eigenvalue weighted by Gasteiger charge is 2.34. The molecule has 0 unspecified atom stereocenters. The van der Waals surface area contributed by atoms with Crippen LogP contribution in [0.15, 0.2) is 158 Å². The molecule has 208 valence electrons. The zero-order chi connectivity index (χ0) is 29.2. The predicted octanol–water partition coefficient (Wildman–Crippen LogP) is 11.2. The highest BCUT2D eigenvalue weighted by Crippen LogP contribution is 2.49. The molecular weight excluding hydrogens is 522 g/mol. The molecule has 0 saturated heterocycles. The van der Waals surface area contributed by atoms with Gasteiger partial charge in [-0.05, 0) is 76.9 Å². The molecule has 0 saturated carbocycles.